The second-order valence-corrected chi connectivity index (χ2v) is 12.9. The number of rotatable bonds is 13. The van der Waals surface area contributed by atoms with Gasteiger partial charge in [0.2, 0.25) is 0 Å². The van der Waals surface area contributed by atoms with Crippen LogP contribution in [0.15, 0.2) is 81.7 Å². The van der Waals surface area contributed by atoms with Gasteiger partial charge in [-0.25, -0.2) is 14.6 Å². The molecule has 0 saturated heterocycles. The number of carbonyl (C=O) groups excluding carboxylic acids is 2. The number of aromatic nitrogens is 1. The van der Waals surface area contributed by atoms with Gasteiger partial charge in [0.25, 0.3) is 5.56 Å². The number of esters is 2. The van der Waals surface area contributed by atoms with Gasteiger partial charge in [-0.3, -0.25) is 9.36 Å². The van der Waals surface area contributed by atoms with Gasteiger partial charge in [-0.05, 0) is 84.8 Å². The molecule has 11 nitrogen and oxygen atoms in total. The second-order valence-electron chi connectivity index (χ2n) is 10.6. The highest BCUT2D eigenvalue weighted by Gasteiger charge is 2.34. The molecule has 4 aromatic rings. The van der Waals surface area contributed by atoms with E-state index < -0.39 is 18.0 Å². The molecule has 1 aliphatic rings. The summed E-state index contributed by atoms with van der Waals surface area (Å²) in [5.74, 6) is 0.499. The zero-order chi connectivity index (χ0) is 35.1. The van der Waals surface area contributed by atoms with E-state index in [-0.39, 0.29) is 24.3 Å². The molecule has 0 amide bonds. The molecular formula is C36H35IN2O9S. The molecule has 49 heavy (non-hydrogen) atoms. The molecule has 1 atom stereocenters. The van der Waals surface area contributed by atoms with Gasteiger partial charge in [-0.1, -0.05) is 47.7 Å². The van der Waals surface area contributed by atoms with Crippen LogP contribution in [0.3, 0.4) is 0 Å². The fourth-order valence-electron chi connectivity index (χ4n) is 5.26. The number of hydrogen-bond acceptors (Lipinski definition) is 11. The molecule has 256 valence electrons. The van der Waals surface area contributed by atoms with Crippen molar-refractivity contribution in [1.82, 2.24) is 4.57 Å². The molecule has 0 radical (unpaired) electrons. The van der Waals surface area contributed by atoms with E-state index in [1.807, 2.05) is 49.4 Å². The molecule has 1 aliphatic heterocycles. The number of halogens is 1. The second kappa shape index (κ2) is 16.2. The van der Waals surface area contributed by atoms with Crippen molar-refractivity contribution in [3.63, 3.8) is 0 Å². The summed E-state index contributed by atoms with van der Waals surface area (Å²) in [6, 6.07) is 17.7. The van der Waals surface area contributed by atoms with Crippen LogP contribution in [0.4, 0.5) is 0 Å². The maximum absolute atomic E-state index is 14.4. The number of ether oxygens (including phenoxy) is 6. The smallest absolute Gasteiger partial charge is 0.343 e. The molecule has 5 rings (SSSR count). The summed E-state index contributed by atoms with van der Waals surface area (Å²) in [6.07, 6.45) is 1.75. The van der Waals surface area contributed by atoms with Crippen LogP contribution in [0.2, 0.25) is 0 Å². The van der Waals surface area contributed by atoms with Crippen LogP contribution in [0.25, 0.3) is 6.08 Å². The summed E-state index contributed by atoms with van der Waals surface area (Å²) in [6.45, 7) is 5.65. The number of nitrogens with zero attached hydrogens (tertiary/aromatic N) is 2. The van der Waals surface area contributed by atoms with Crippen molar-refractivity contribution in [3.8, 4) is 23.0 Å². The number of allylic oxidation sites excluding steroid dienone is 1. The topological polar surface area (TPSA) is 124 Å². The van der Waals surface area contributed by atoms with Crippen molar-refractivity contribution in [1.29, 1.82) is 0 Å². The normalized spacial score (nSPS) is 14.1. The van der Waals surface area contributed by atoms with Crippen molar-refractivity contribution in [2.24, 2.45) is 4.99 Å². The fraction of sp³-hybridized carbons (Fsp3) is 0.278. The van der Waals surface area contributed by atoms with Crippen LogP contribution in [-0.2, 0) is 25.7 Å². The number of methoxy groups -OCH3 is 2. The van der Waals surface area contributed by atoms with E-state index in [0.717, 1.165) is 9.13 Å². The Morgan fingerprint density at radius 2 is 1.73 bits per heavy atom. The quantitative estimate of drug-likeness (QED) is 0.137. The van der Waals surface area contributed by atoms with Crippen molar-refractivity contribution in [3.05, 3.63) is 112 Å². The highest BCUT2D eigenvalue weighted by Crippen LogP contribution is 2.37. The van der Waals surface area contributed by atoms with E-state index in [2.05, 4.69) is 27.6 Å². The number of benzene rings is 3. The molecule has 0 N–H and O–H groups in total. The maximum atomic E-state index is 14.4. The predicted octanol–water partition coefficient (Wildman–Crippen LogP) is 4.94. The SMILES string of the molecule is CCOC(=O)C1=C(C)N=c2s/c(=C/c3cc(I)cc(OC)c3OCc3ccccc3)c(=O)n2[C@@H]1c1ccc(OCC(=O)OC)c(OCC)c1. The first-order valence-corrected chi connectivity index (χ1v) is 17.3. The summed E-state index contributed by atoms with van der Waals surface area (Å²) >= 11 is 3.39. The molecule has 0 saturated carbocycles. The third kappa shape index (κ3) is 7.99. The van der Waals surface area contributed by atoms with Crippen molar-refractivity contribution >= 4 is 51.9 Å². The first kappa shape index (κ1) is 35.7. The lowest BCUT2D eigenvalue weighted by Crippen LogP contribution is -2.40. The van der Waals surface area contributed by atoms with E-state index in [4.69, 9.17) is 28.4 Å². The lowest BCUT2D eigenvalue weighted by atomic mass is 9.95. The van der Waals surface area contributed by atoms with E-state index in [1.165, 1.54) is 23.0 Å². The Bertz CT molecular complexity index is 2070. The summed E-state index contributed by atoms with van der Waals surface area (Å²) in [5.41, 5.74) is 2.45. The zero-order valence-corrected chi connectivity index (χ0v) is 30.6. The van der Waals surface area contributed by atoms with Gasteiger partial charge in [0, 0.05) is 9.13 Å². The van der Waals surface area contributed by atoms with Crippen LogP contribution in [-0.4, -0.2) is 50.5 Å². The lowest BCUT2D eigenvalue weighted by molar-refractivity contribution is -0.143. The zero-order valence-electron chi connectivity index (χ0n) is 27.6. The Balaban J connectivity index is 1.66. The molecule has 0 bridgehead atoms. The standard InChI is InChI=1S/C36H35IN2O9S/c1-6-45-27-16-23(13-14-26(27)47-20-30(40)44-5)32-31(35(42)46-7-2)21(3)38-36-39(32)34(41)29(49-36)17-24-15-25(37)18-28(43-4)33(24)48-19-22-11-9-8-10-12-22/h8-18,32H,6-7,19-20H2,1-5H3/b29-17+/t32-/m1/s1. The molecule has 2 heterocycles. The molecule has 0 unspecified atom stereocenters. The minimum Gasteiger partial charge on any atom is -0.493 e. The number of thiazole rings is 1. The van der Waals surface area contributed by atoms with Gasteiger partial charge in [-0.15, -0.1) is 0 Å². The van der Waals surface area contributed by atoms with Crippen molar-refractivity contribution in [2.45, 2.75) is 33.4 Å². The fourth-order valence-corrected chi connectivity index (χ4v) is 6.91. The summed E-state index contributed by atoms with van der Waals surface area (Å²) < 4.78 is 36.4. The monoisotopic (exact) mass is 798 g/mol. The largest absolute Gasteiger partial charge is 0.493 e. The van der Waals surface area contributed by atoms with E-state index in [9.17, 15) is 14.4 Å². The summed E-state index contributed by atoms with van der Waals surface area (Å²) in [4.78, 5) is 44.7. The highest BCUT2D eigenvalue weighted by molar-refractivity contribution is 14.1. The molecule has 13 heteroatoms. The van der Waals surface area contributed by atoms with E-state index in [0.29, 0.717) is 62.4 Å². The first-order chi connectivity index (χ1) is 23.7. The predicted molar refractivity (Wildman–Crippen MR) is 192 cm³/mol. The van der Waals surface area contributed by atoms with Crippen LogP contribution in [0, 0.1) is 3.57 Å². The Morgan fingerprint density at radius 1 is 0.959 bits per heavy atom. The lowest BCUT2D eigenvalue weighted by Gasteiger charge is -2.25. The molecule has 3 aromatic carbocycles. The van der Waals surface area contributed by atoms with Crippen LogP contribution in [0.1, 0.15) is 43.5 Å². The van der Waals surface area contributed by atoms with Crippen LogP contribution >= 0.6 is 33.9 Å². The number of carbonyl (C=O) groups is 2. The summed E-state index contributed by atoms with van der Waals surface area (Å²) in [5, 5.41) is 0. The molecule has 0 spiro atoms. The molecular weight excluding hydrogens is 763 g/mol. The first-order valence-electron chi connectivity index (χ1n) is 15.4. The van der Waals surface area contributed by atoms with Crippen LogP contribution < -0.4 is 33.8 Å². The molecule has 0 aliphatic carbocycles. The minimum absolute atomic E-state index is 0.136. The Morgan fingerprint density at radius 3 is 2.43 bits per heavy atom. The number of hydrogen-bond donors (Lipinski definition) is 0. The number of fused-ring (bicyclic) bond motifs is 1. The average molecular weight is 799 g/mol. The average Bonchev–Trinajstić information content (AvgIpc) is 3.40. The molecule has 1 aromatic heterocycles. The van der Waals surface area contributed by atoms with Crippen LogP contribution in [0.5, 0.6) is 23.0 Å². The molecule has 0 fully saturated rings. The van der Waals surface area contributed by atoms with Gasteiger partial charge in [0.15, 0.2) is 34.4 Å². The maximum Gasteiger partial charge on any atom is 0.343 e. The van der Waals surface area contributed by atoms with Gasteiger partial charge >= 0.3 is 11.9 Å². The highest BCUT2D eigenvalue weighted by atomic mass is 127. The van der Waals surface area contributed by atoms with Gasteiger partial charge < -0.3 is 28.4 Å². The van der Waals surface area contributed by atoms with Gasteiger partial charge in [-0.2, -0.15) is 0 Å². The Labute approximate surface area is 300 Å². The van der Waals surface area contributed by atoms with Gasteiger partial charge in [0.05, 0.1) is 49.3 Å². The Kier molecular flexibility index (Phi) is 11.8. The minimum atomic E-state index is -0.898. The van der Waals surface area contributed by atoms with E-state index >= 15 is 0 Å². The summed E-state index contributed by atoms with van der Waals surface area (Å²) in [7, 11) is 2.84. The van der Waals surface area contributed by atoms with Crippen molar-refractivity contribution in [2.75, 3.05) is 34.0 Å². The van der Waals surface area contributed by atoms with Crippen molar-refractivity contribution < 1.29 is 38.0 Å². The third-order valence-electron chi connectivity index (χ3n) is 7.45. The Hall–Kier alpha value is -4.63. The van der Waals surface area contributed by atoms with E-state index in [1.54, 1.807) is 45.2 Å². The third-order valence-corrected chi connectivity index (χ3v) is 9.06. The van der Waals surface area contributed by atoms with Gasteiger partial charge in [0.1, 0.15) is 6.61 Å².